The maximum Gasteiger partial charge on any atom is 0.0904 e. The van der Waals surface area contributed by atoms with E-state index in [1.807, 2.05) is 6.92 Å². The fourth-order valence-electron chi connectivity index (χ4n) is 0.559. The van der Waals surface area contributed by atoms with Crippen LogP contribution in [0.1, 0.15) is 6.92 Å². The van der Waals surface area contributed by atoms with Gasteiger partial charge in [0.05, 0.1) is 12.7 Å². The topological polar surface area (TPSA) is 18.5 Å². The quantitative estimate of drug-likeness (QED) is 0.620. The first-order valence-corrected chi connectivity index (χ1v) is 4.13. The molecule has 0 aromatic carbocycles. The molecule has 0 fully saturated rings. The highest BCUT2D eigenvalue weighted by molar-refractivity contribution is 9.09. The molecule has 0 radical (unpaired) electrons. The predicted molar refractivity (Wildman–Crippen MR) is 41.1 cm³/mol. The van der Waals surface area contributed by atoms with Gasteiger partial charge in [-0.3, -0.25) is 0 Å². The molecular formula is C6H13BrO2. The van der Waals surface area contributed by atoms with Crippen LogP contribution in [0.3, 0.4) is 0 Å². The van der Waals surface area contributed by atoms with Crippen molar-refractivity contribution in [1.82, 2.24) is 0 Å². The molecule has 0 aliphatic rings. The molecule has 0 aromatic rings. The van der Waals surface area contributed by atoms with Gasteiger partial charge in [0, 0.05) is 19.0 Å². The van der Waals surface area contributed by atoms with Crippen molar-refractivity contribution < 1.29 is 9.47 Å². The van der Waals surface area contributed by atoms with Gasteiger partial charge in [-0.05, 0) is 6.92 Å². The van der Waals surface area contributed by atoms with E-state index in [0.29, 0.717) is 6.61 Å². The third-order valence-electron chi connectivity index (χ3n) is 0.927. The minimum absolute atomic E-state index is 0.208. The average molecular weight is 197 g/mol. The van der Waals surface area contributed by atoms with Gasteiger partial charge in [-0.15, -0.1) is 0 Å². The summed E-state index contributed by atoms with van der Waals surface area (Å²) in [5.41, 5.74) is 0. The van der Waals surface area contributed by atoms with Crippen molar-refractivity contribution in [3.05, 3.63) is 0 Å². The van der Waals surface area contributed by atoms with Crippen LogP contribution in [0.5, 0.6) is 0 Å². The lowest BCUT2D eigenvalue weighted by atomic mass is 10.4. The van der Waals surface area contributed by atoms with Crippen LogP contribution in [0.2, 0.25) is 0 Å². The molecule has 0 aliphatic heterocycles. The molecule has 1 atom stereocenters. The summed E-state index contributed by atoms with van der Waals surface area (Å²) in [6, 6.07) is 0. The molecular weight excluding hydrogens is 184 g/mol. The van der Waals surface area contributed by atoms with Crippen molar-refractivity contribution in [2.45, 2.75) is 13.0 Å². The van der Waals surface area contributed by atoms with E-state index in [9.17, 15) is 0 Å². The number of alkyl halides is 1. The molecule has 0 aliphatic carbocycles. The second-order valence-corrected chi connectivity index (χ2v) is 2.33. The number of methoxy groups -OCH3 is 1. The zero-order valence-electron chi connectivity index (χ0n) is 5.89. The van der Waals surface area contributed by atoms with Crippen LogP contribution in [-0.4, -0.2) is 31.8 Å². The Bertz CT molecular complexity index is 53.0. The van der Waals surface area contributed by atoms with Gasteiger partial charge < -0.3 is 9.47 Å². The lowest BCUT2D eigenvalue weighted by Crippen LogP contribution is -2.20. The molecule has 0 N–H and O–H groups in total. The molecule has 56 valence electrons. The van der Waals surface area contributed by atoms with Crippen molar-refractivity contribution >= 4 is 15.9 Å². The van der Waals surface area contributed by atoms with Gasteiger partial charge in [-0.25, -0.2) is 0 Å². The molecule has 9 heavy (non-hydrogen) atoms. The maximum absolute atomic E-state index is 5.26. The summed E-state index contributed by atoms with van der Waals surface area (Å²) in [5.74, 6) is 0. The van der Waals surface area contributed by atoms with Crippen molar-refractivity contribution in [3.8, 4) is 0 Å². The highest BCUT2D eigenvalue weighted by Crippen LogP contribution is 1.96. The van der Waals surface area contributed by atoms with Crippen LogP contribution in [-0.2, 0) is 9.47 Å². The van der Waals surface area contributed by atoms with Crippen molar-refractivity contribution in [3.63, 3.8) is 0 Å². The van der Waals surface area contributed by atoms with E-state index in [4.69, 9.17) is 9.47 Å². The van der Waals surface area contributed by atoms with Crippen LogP contribution in [0.15, 0.2) is 0 Å². The van der Waals surface area contributed by atoms with E-state index < -0.39 is 0 Å². The molecule has 2 nitrogen and oxygen atoms in total. The standard InChI is InChI=1S/C6H13BrO2/c1-3-9-6(4-7)5-8-2/h6H,3-5H2,1-2H3. The molecule has 0 spiro atoms. The predicted octanol–water partition coefficient (Wildman–Crippen LogP) is 1.43. The Morgan fingerprint density at radius 2 is 2.22 bits per heavy atom. The number of halogens is 1. The molecule has 0 saturated heterocycles. The smallest absolute Gasteiger partial charge is 0.0904 e. The van der Waals surface area contributed by atoms with Crippen LogP contribution in [0, 0.1) is 0 Å². The SMILES string of the molecule is CCOC(CBr)COC. The highest BCUT2D eigenvalue weighted by atomic mass is 79.9. The zero-order valence-corrected chi connectivity index (χ0v) is 7.48. The fourth-order valence-corrected chi connectivity index (χ4v) is 0.933. The third-order valence-corrected chi connectivity index (χ3v) is 1.65. The number of hydrogen-bond acceptors (Lipinski definition) is 2. The minimum atomic E-state index is 0.208. The third kappa shape index (κ3) is 4.88. The largest absolute Gasteiger partial charge is 0.382 e. The summed E-state index contributed by atoms with van der Waals surface area (Å²) in [6.07, 6.45) is 0.208. The number of ether oxygens (including phenoxy) is 2. The van der Waals surface area contributed by atoms with Gasteiger partial charge >= 0.3 is 0 Å². The van der Waals surface area contributed by atoms with E-state index in [1.165, 1.54) is 0 Å². The van der Waals surface area contributed by atoms with Crippen LogP contribution < -0.4 is 0 Å². The molecule has 0 aromatic heterocycles. The van der Waals surface area contributed by atoms with E-state index >= 15 is 0 Å². The van der Waals surface area contributed by atoms with Gasteiger partial charge in [-0.1, -0.05) is 15.9 Å². The minimum Gasteiger partial charge on any atom is -0.382 e. The number of hydrogen-bond donors (Lipinski definition) is 0. The zero-order chi connectivity index (χ0) is 7.11. The second kappa shape index (κ2) is 6.52. The summed E-state index contributed by atoms with van der Waals surface area (Å²) < 4.78 is 10.2. The Morgan fingerprint density at radius 1 is 1.56 bits per heavy atom. The Labute approximate surface area is 64.7 Å². The molecule has 0 heterocycles. The monoisotopic (exact) mass is 196 g/mol. The first-order valence-electron chi connectivity index (χ1n) is 3.01. The Hall–Kier alpha value is 0.400. The van der Waals surface area contributed by atoms with Crippen molar-refractivity contribution in [2.75, 3.05) is 25.7 Å². The highest BCUT2D eigenvalue weighted by Gasteiger charge is 2.03. The summed E-state index contributed by atoms with van der Waals surface area (Å²) in [5, 5.41) is 0.842. The van der Waals surface area contributed by atoms with Crippen molar-refractivity contribution in [2.24, 2.45) is 0 Å². The first-order chi connectivity index (χ1) is 4.35. The van der Waals surface area contributed by atoms with Gasteiger partial charge in [0.25, 0.3) is 0 Å². The normalized spacial score (nSPS) is 13.7. The Morgan fingerprint density at radius 3 is 2.56 bits per heavy atom. The molecule has 0 amide bonds. The van der Waals surface area contributed by atoms with E-state index in [2.05, 4.69) is 15.9 Å². The van der Waals surface area contributed by atoms with E-state index in [-0.39, 0.29) is 6.10 Å². The first kappa shape index (κ1) is 9.40. The summed E-state index contributed by atoms with van der Waals surface area (Å²) >= 11 is 3.31. The van der Waals surface area contributed by atoms with Crippen molar-refractivity contribution in [1.29, 1.82) is 0 Å². The molecule has 1 unspecified atom stereocenters. The molecule has 0 rings (SSSR count). The second-order valence-electron chi connectivity index (χ2n) is 1.69. The number of rotatable bonds is 5. The van der Waals surface area contributed by atoms with Crippen LogP contribution >= 0.6 is 15.9 Å². The van der Waals surface area contributed by atoms with E-state index in [1.54, 1.807) is 7.11 Å². The Kier molecular flexibility index (Phi) is 6.81. The summed E-state index contributed by atoms with van der Waals surface area (Å²) in [7, 11) is 1.68. The lowest BCUT2D eigenvalue weighted by molar-refractivity contribution is 0.0190. The molecule has 0 saturated carbocycles. The Balaban J connectivity index is 3.18. The van der Waals surface area contributed by atoms with Gasteiger partial charge in [0.1, 0.15) is 0 Å². The van der Waals surface area contributed by atoms with Crippen LogP contribution in [0.4, 0.5) is 0 Å². The fraction of sp³-hybridized carbons (Fsp3) is 1.00. The maximum atomic E-state index is 5.26. The van der Waals surface area contributed by atoms with Gasteiger partial charge in [-0.2, -0.15) is 0 Å². The van der Waals surface area contributed by atoms with E-state index in [0.717, 1.165) is 11.9 Å². The summed E-state index contributed by atoms with van der Waals surface area (Å²) in [6.45, 7) is 3.39. The average Bonchev–Trinajstić information content (AvgIpc) is 1.88. The lowest BCUT2D eigenvalue weighted by Gasteiger charge is -2.11. The molecule has 0 bridgehead atoms. The van der Waals surface area contributed by atoms with Gasteiger partial charge in [0.2, 0.25) is 0 Å². The molecule has 3 heteroatoms. The summed E-state index contributed by atoms with van der Waals surface area (Å²) in [4.78, 5) is 0. The van der Waals surface area contributed by atoms with Crippen LogP contribution in [0.25, 0.3) is 0 Å². The van der Waals surface area contributed by atoms with Gasteiger partial charge in [0.15, 0.2) is 0 Å².